The van der Waals surface area contributed by atoms with Crippen LogP contribution in [0.2, 0.25) is 0 Å². The maximum absolute atomic E-state index is 11.2. The number of fused-ring (bicyclic) bond motifs is 1. The number of carbonyl (C=O) groups excluding carboxylic acids is 1. The molecule has 1 aromatic carbocycles. The molecule has 0 spiro atoms. The minimum absolute atomic E-state index is 0.343. The highest BCUT2D eigenvalue weighted by molar-refractivity contribution is 7.96. The molecule has 4 rings (SSSR count). The molecule has 1 saturated carbocycles. The molecule has 224 valence electrons. The number of nitrogens with one attached hydrogen (secondary N) is 1. The van der Waals surface area contributed by atoms with Gasteiger partial charge in [0.05, 0.1) is 24.4 Å². The van der Waals surface area contributed by atoms with Crippen molar-refractivity contribution >= 4 is 29.3 Å². The van der Waals surface area contributed by atoms with Crippen LogP contribution >= 0.6 is 11.9 Å². The standard InChI is InChI=1S/C22H32N4O2S.C5H12O.2C2H6/c1-25-22-8-5-17(11-18(22)12-23-25)16-3-6-20(7-4-16)28-14-19-13-26(15-27)10-9-21(19)24-29-2;1-3-4-5-6-2;2*1-2/h5,8,11-12,15-16,19-21,24H,3-4,6-7,9-10,13-14H2,1-2H3;3-5H2,1-2H3;2*1-2H3. The van der Waals surface area contributed by atoms with Gasteiger partial charge in [-0.25, -0.2) is 0 Å². The highest BCUT2D eigenvalue weighted by Crippen LogP contribution is 2.35. The van der Waals surface area contributed by atoms with Crippen LogP contribution in [0.3, 0.4) is 0 Å². The fourth-order valence-electron chi connectivity index (χ4n) is 5.18. The van der Waals surface area contributed by atoms with E-state index in [4.69, 9.17) is 9.47 Å². The number of unbranched alkanes of at least 4 members (excludes halogenated alkanes) is 1. The number of rotatable bonds is 10. The molecule has 1 amide bonds. The van der Waals surface area contributed by atoms with Gasteiger partial charge in [0.25, 0.3) is 0 Å². The van der Waals surface area contributed by atoms with Crippen LogP contribution in [0.1, 0.15) is 91.0 Å². The van der Waals surface area contributed by atoms with Crippen molar-refractivity contribution in [3.05, 3.63) is 30.0 Å². The Morgan fingerprint density at radius 2 is 1.85 bits per heavy atom. The first-order valence-corrected chi connectivity index (χ1v) is 16.3. The van der Waals surface area contributed by atoms with Crippen LogP contribution < -0.4 is 4.72 Å². The van der Waals surface area contributed by atoms with Gasteiger partial charge >= 0.3 is 0 Å². The summed E-state index contributed by atoms with van der Waals surface area (Å²) >= 11 is 1.66. The Morgan fingerprint density at radius 1 is 1.13 bits per heavy atom. The van der Waals surface area contributed by atoms with Crippen molar-refractivity contribution in [2.24, 2.45) is 13.0 Å². The van der Waals surface area contributed by atoms with Crippen LogP contribution in [0.25, 0.3) is 10.9 Å². The van der Waals surface area contributed by atoms with E-state index in [0.29, 0.717) is 24.0 Å². The Kier molecular flexibility index (Phi) is 19.2. The second-order valence-electron chi connectivity index (χ2n) is 9.82. The Bertz CT molecular complexity index is 882. The number of nitrogens with zero attached hydrogens (tertiary/aromatic N) is 3. The van der Waals surface area contributed by atoms with E-state index >= 15 is 0 Å². The van der Waals surface area contributed by atoms with Gasteiger partial charge in [0, 0.05) is 51.2 Å². The second-order valence-corrected chi connectivity index (χ2v) is 10.5. The predicted molar refractivity (Wildman–Crippen MR) is 167 cm³/mol. The van der Waals surface area contributed by atoms with Crippen LogP contribution in [-0.2, 0) is 21.3 Å². The van der Waals surface area contributed by atoms with E-state index in [9.17, 15) is 4.79 Å². The van der Waals surface area contributed by atoms with Crippen LogP contribution in [0.5, 0.6) is 0 Å². The molecule has 7 nitrogen and oxygen atoms in total. The average Bonchev–Trinajstić information content (AvgIpc) is 3.38. The third-order valence-electron chi connectivity index (χ3n) is 7.35. The molecular formula is C31H56N4O3S. The van der Waals surface area contributed by atoms with Gasteiger partial charge in [-0.2, -0.15) is 5.10 Å². The number of hydrogen-bond donors (Lipinski definition) is 1. The maximum atomic E-state index is 11.2. The third kappa shape index (κ3) is 11.8. The first kappa shape index (κ1) is 35.4. The SMILES string of the molecule is CC.CC.CCCCOC.CSNC1CCN(C=O)CC1COC1CCC(c2ccc3c(cnn3C)c2)CC1. The lowest BCUT2D eigenvalue weighted by Gasteiger charge is -2.38. The summed E-state index contributed by atoms with van der Waals surface area (Å²) in [5.74, 6) is 0.984. The lowest BCUT2D eigenvalue weighted by atomic mass is 9.82. The Labute approximate surface area is 242 Å². The Hall–Kier alpha value is -1.61. The van der Waals surface area contributed by atoms with Crippen molar-refractivity contribution in [3.8, 4) is 0 Å². The number of piperidine rings is 1. The van der Waals surface area contributed by atoms with E-state index in [-0.39, 0.29) is 0 Å². The Balaban J connectivity index is 0.000000664. The van der Waals surface area contributed by atoms with E-state index in [0.717, 1.165) is 52.0 Å². The van der Waals surface area contributed by atoms with E-state index in [2.05, 4.69) is 41.2 Å². The molecule has 1 aliphatic heterocycles. The Morgan fingerprint density at radius 3 is 2.44 bits per heavy atom. The zero-order valence-electron chi connectivity index (χ0n) is 25.9. The molecule has 2 aliphatic rings. The van der Waals surface area contributed by atoms with Gasteiger partial charge < -0.3 is 14.4 Å². The first-order chi connectivity index (χ1) is 19.1. The summed E-state index contributed by atoms with van der Waals surface area (Å²) in [6.45, 7) is 13.4. The van der Waals surface area contributed by atoms with E-state index in [1.807, 2.05) is 50.5 Å². The van der Waals surface area contributed by atoms with Crippen molar-refractivity contribution in [2.45, 2.75) is 97.6 Å². The molecule has 39 heavy (non-hydrogen) atoms. The van der Waals surface area contributed by atoms with Crippen molar-refractivity contribution < 1.29 is 14.3 Å². The van der Waals surface area contributed by atoms with Gasteiger partial charge in [0.15, 0.2) is 0 Å². The van der Waals surface area contributed by atoms with Crippen LogP contribution in [0.15, 0.2) is 24.4 Å². The summed E-state index contributed by atoms with van der Waals surface area (Å²) in [6.07, 6.45) is 13.3. The van der Waals surface area contributed by atoms with Gasteiger partial charge in [0.2, 0.25) is 6.41 Å². The molecule has 0 radical (unpaired) electrons. The van der Waals surface area contributed by atoms with Crippen molar-refractivity contribution in [1.29, 1.82) is 0 Å². The van der Waals surface area contributed by atoms with Gasteiger partial charge in [0.1, 0.15) is 0 Å². The monoisotopic (exact) mass is 564 g/mol. The van der Waals surface area contributed by atoms with E-state index < -0.39 is 0 Å². The van der Waals surface area contributed by atoms with Crippen molar-refractivity contribution in [3.63, 3.8) is 0 Å². The maximum Gasteiger partial charge on any atom is 0.209 e. The molecule has 1 N–H and O–H groups in total. The summed E-state index contributed by atoms with van der Waals surface area (Å²) in [4.78, 5) is 13.1. The molecule has 1 aromatic heterocycles. The van der Waals surface area contributed by atoms with E-state index in [1.165, 1.54) is 42.1 Å². The normalized spacial score (nSPS) is 22.5. The first-order valence-electron chi connectivity index (χ1n) is 15.1. The summed E-state index contributed by atoms with van der Waals surface area (Å²) < 4.78 is 16.6. The highest BCUT2D eigenvalue weighted by Gasteiger charge is 2.30. The molecule has 1 aliphatic carbocycles. The lowest BCUT2D eigenvalue weighted by Crippen LogP contribution is -2.49. The molecule has 2 unspecified atom stereocenters. The molecule has 0 bridgehead atoms. The molecule has 2 atom stereocenters. The smallest absolute Gasteiger partial charge is 0.209 e. The van der Waals surface area contributed by atoms with Gasteiger partial charge in [-0.3, -0.25) is 14.2 Å². The number of amides is 1. The largest absolute Gasteiger partial charge is 0.385 e. The average molecular weight is 565 g/mol. The number of likely N-dealkylation sites (tertiary alicyclic amines) is 1. The fourth-order valence-corrected chi connectivity index (χ4v) is 5.79. The topological polar surface area (TPSA) is 68.6 Å². The molecule has 2 heterocycles. The minimum Gasteiger partial charge on any atom is -0.385 e. The molecule has 1 saturated heterocycles. The highest BCUT2D eigenvalue weighted by atomic mass is 32.2. The summed E-state index contributed by atoms with van der Waals surface area (Å²) in [6, 6.07) is 7.19. The zero-order valence-corrected chi connectivity index (χ0v) is 26.8. The number of methoxy groups -OCH3 is 1. The second kappa shape index (κ2) is 21.2. The predicted octanol–water partition coefficient (Wildman–Crippen LogP) is 6.82. The number of aryl methyl sites for hydroxylation is 1. The van der Waals surface area contributed by atoms with Gasteiger partial charge in [-0.15, -0.1) is 0 Å². The summed E-state index contributed by atoms with van der Waals surface area (Å²) in [7, 11) is 3.72. The van der Waals surface area contributed by atoms with Crippen molar-refractivity contribution in [1.82, 2.24) is 19.4 Å². The van der Waals surface area contributed by atoms with Crippen LogP contribution in [0, 0.1) is 5.92 Å². The third-order valence-corrected chi connectivity index (χ3v) is 7.89. The molecule has 8 heteroatoms. The number of ether oxygens (including phenoxy) is 2. The number of carbonyl (C=O) groups is 1. The summed E-state index contributed by atoms with van der Waals surface area (Å²) in [5.41, 5.74) is 2.62. The van der Waals surface area contributed by atoms with E-state index in [1.54, 1.807) is 19.1 Å². The minimum atomic E-state index is 0.343. The number of aromatic nitrogens is 2. The molecule has 2 aromatic rings. The van der Waals surface area contributed by atoms with Gasteiger partial charge in [-0.1, -0.05) is 59.1 Å². The lowest BCUT2D eigenvalue weighted by molar-refractivity contribution is -0.121. The van der Waals surface area contributed by atoms with Gasteiger partial charge in [-0.05, 0) is 68.4 Å². The molecular weight excluding hydrogens is 508 g/mol. The zero-order chi connectivity index (χ0) is 29.0. The summed E-state index contributed by atoms with van der Waals surface area (Å²) in [5, 5.41) is 5.59. The van der Waals surface area contributed by atoms with Crippen LogP contribution in [-0.4, -0.2) is 72.9 Å². The quantitative estimate of drug-likeness (QED) is 0.194. The molecule has 2 fully saturated rings. The fraction of sp³-hybridized carbons (Fsp3) is 0.742. The number of benzene rings is 1. The van der Waals surface area contributed by atoms with Crippen LogP contribution in [0.4, 0.5) is 0 Å². The van der Waals surface area contributed by atoms with Crippen molar-refractivity contribution in [2.75, 3.05) is 39.7 Å². The number of hydrogen-bond acceptors (Lipinski definition) is 6.